The molecule has 0 radical (unpaired) electrons. The average Bonchev–Trinajstić information content (AvgIpc) is 3.22. The lowest BCUT2D eigenvalue weighted by molar-refractivity contribution is -0.136. The number of ether oxygens (including phenoxy) is 1. The Bertz CT molecular complexity index is 1360. The van der Waals surface area contributed by atoms with Gasteiger partial charge in [0.05, 0.1) is 24.9 Å². The van der Waals surface area contributed by atoms with E-state index in [1.54, 1.807) is 30.5 Å². The normalized spacial score (nSPS) is 15.4. The highest BCUT2D eigenvalue weighted by molar-refractivity contribution is 5.87. The third kappa shape index (κ3) is 3.70. The smallest absolute Gasteiger partial charge is 0.307 e. The van der Waals surface area contributed by atoms with Crippen molar-refractivity contribution in [2.75, 3.05) is 18.5 Å². The van der Waals surface area contributed by atoms with Crippen molar-refractivity contribution in [3.8, 4) is 16.9 Å². The highest BCUT2D eigenvalue weighted by Gasteiger charge is 2.29. The predicted octanol–water partition coefficient (Wildman–Crippen LogP) is 4.89. The zero-order valence-electron chi connectivity index (χ0n) is 18.0. The number of halogens is 1. The van der Waals surface area contributed by atoms with Gasteiger partial charge in [0.2, 0.25) is 0 Å². The van der Waals surface area contributed by atoms with E-state index < -0.39 is 5.97 Å². The van der Waals surface area contributed by atoms with Gasteiger partial charge in [-0.2, -0.15) is 0 Å². The molecule has 0 amide bonds. The zero-order valence-corrected chi connectivity index (χ0v) is 18.0. The van der Waals surface area contributed by atoms with Gasteiger partial charge in [-0.25, -0.2) is 4.39 Å². The topological polar surface area (TPSA) is 88.9 Å². The van der Waals surface area contributed by atoms with Gasteiger partial charge in [0.25, 0.3) is 0 Å². The lowest BCUT2D eigenvalue weighted by Gasteiger charge is -2.34. The largest absolute Gasteiger partial charge is 0.481 e. The standard InChI is InChI=1S/C26H23FN2O4/c1-29-13-23(33-26-16(11-24(30)31)4-3-7-21(26)29)20-14-32-22-9-8-15(10-19(20)22)18-6-2-5-17(12-28)25(18)27/h2-10,14,23H,11-13,28H2,1H3,(H,30,31)/t23-/m1/s1. The van der Waals surface area contributed by atoms with E-state index in [0.717, 1.165) is 16.6 Å². The van der Waals surface area contributed by atoms with Crippen LogP contribution in [0.5, 0.6) is 5.75 Å². The molecule has 2 heterocycles. The lowest BCUT2D eigenvalue weighted by atomic mass is 9.98. The molecule has 3 aromatic carbocycles. The van der Waals surface area contributed by atoms with Crippen molar-refractivity contribution in [1.82, 2.24) is 0 Å². The van der Waals surface area contributed by atoms with E-state index in [-0.39, 0.29) is 24.9 Å². The maximum absolute atomic E-state index is 14.9. The third-order valence-corrected chi connectivity index (χ3v) is 6.09. The molecule has 0 spiro atoms. The number of furan rings is 1. The van der Waals surface area contributed by atoms with Crippen molar-refractivity contribution in [1.29, 1.82) is 0 Å². The van der Waals surface area contributed by atoms with Crippen LogP contribution in [0, 0.1) is 5.82 Å². The van der Waals surface area contributed by atoms with Crippen LogP contribution in [0.1, 0.15) is 22.8 Å². The number of carboxylic acids is 1. The third-order valence-electron chi connectivity index (χ3n) is 6.09. The summed E-state index contributed by atoms with van der Waals surface area (Å²) in [6, 6.07) is 16.3. The molecule has 0 fully saturated rings. The number of para-hydroxylation sites is 1. The van der Waals surface area contributed by atoms with E-state index >= 15 is 0 Å². The van der Waals surface area contributed by atoms with Crippen molar-refractivity contribution in [3.05, 3.63) is 83.4 Å². The van der Waals surface area contributed by atoms with Crippen LogP contribution < -0.4 is 15.4 Å². The summed E-state index contributed by atoms with van der Waals surface area (Å²) in [5.74, 6) is -0.687. The van der Waals surface area contributed by atoms with Gasteiger partial charge in [0.15, 0.2) is 0 Å². The van der Waals surface area contributed by atoms with Crippen molar-refractivity contribution < 1.29 is 23.4 Å². The van der Waals surface area contributed by atoms with Crippen molar-refractivity contribution in [2.45, 2.75) is 19.1 Å². The molecule has 1 aromatic heterocycles. The minimum atomic E-state index is -0.920. The molecular formula is C26H23FN2O4. The van der Waals surface area contributed by atoms with Crippen LogP contribution in [-0.4, -0.2) is 24.7 Å². The monoisotopic (exact) mass is 446 g/mol. The van der Waals surface area contributed by atoms with E-state index in [4.69, 9.17) is 14.9 Å². The maximum atomic E-state index is 14.9. The van der Waals surface area contributed by atoms with Crippen LogP contribution in [0.4, 0.5) is 10.1 Å². The molecule has 7 heteroatoms. The molecule has 6 nitrogen and oxygen atoms in total. The fourth-order valence-corrected chi connectivity index (χ4v) is 4.42. The summed E-state index contributed by atoms with van der Waals surface area (Å²) in [4.78, 5) is 13.4. The Labute approximate surface area is 190 Å². The number of benzene rings is 3. The molecule has 1 aliphatic rings. The van der Waals surface area contributed by atoms with E-state index in [2.05, 4.69) is 0 Å². The molecule has 3 N–H and O–H groups in total. The molecule has 0 saturated heterocycles. The molecule has 5 rings (SSSR count). The molecule has 168 valence electrons. The van der Waals surface area contributed by atoms with E-state index in [9.17, 15) is 14.3 Å². The van der Waals surface area contributed by atoms with Crippen LogP contribution in [0.3, 0.4) is 0 Å². The first kappa shape index (κ1) is 21.0. The molecule has 0 saturated carbocycles. The summed E-state index contributed by atoms with van der Waals surface area (Å²) in [7, 11) is 1.94. The fourth-order valence-electron chi connectivity index (χ4n) is 4.42. The number of aliphatic carboxylic acids is 1. The molecule has 0 unspecified atom stereocenters. The summed E-state index contributed by atoms with van der Waals surface area (Å²) in [6.45, 7) is 0.679. The first-order chi connectivity index (χ1) is 16.0. The van der Waals surface area contributed by atoms with E-state index in [1.165, 1.54) is 0 Å². The maximum Gasteiger partial charge on any atom is 0.307 e. The van der Waals surface area contributed by atoms with Crippen molar-refractivity contribution in [3.63, 3.8) is 0 Å². The fraction of sp³-hybridized carbons (Fsp3) is 0.192. The number of likely N-dealkylation sites (N-methyl/N-ethyl adjacent to an activating group) is 1. The second-order valence-electron chi connectivity index (χ2n) is 8.21. The van der Waals surface area contributed by atoms with Crippen molar-refractivity contribution in [2.24, 2.45) is 5.73 Å². The predicted molar refractivity (Wildman–Crippen MR) is 124 cm³/mol. The minimum Gasteiger partial charge on any atom is -0.481 e. The number of hydrogen-bond donors (Lipinski definition) is 2. The number of carboxylic acid groups (broad SMARTS) is 1. The number of hydrogen-bond acceptors (Lipinski definition) is 5. The Morgan fingerprint density at radius 3 is 2.76 bits per heavy atom. The van der Waals surface area contributed by atoms with Gasteiger partial charge < -0.3 is 24.9 Å². The van der Waals surface area contributed by atoms with Crippen LogP contribution >= 0.6 is 0 Å². The van der Waals surface area contributed by atoms with Crippen LogP contribution in [0.15, 0.2) is 65.3 Å². The van der Waals surface area contributed by atoms with Crippen LogP contribution in [0.2, 0.25) is 0 Å². The Kier molecular flexibility index (Phi) is 5.26. The quantitative estimate of drug-likeness (QED) is 0.454. The summed E-state index contributed by atoms with van der Waals surface area (Å²) in [6.07, 6.45) is 1.15. The van der Waals surface area contributed by atoms with E-state index in [0.29, 0.717) is 40.1 Å². The molecule has 33 heavy (non-hydrogen) atoms. The van der Waals surface area contributed by atoms with Gasteiger partial charge in [0, 0.05) is 41.2 Å². The second kappa shape index (κ2) is 8.26. The van der Waals surface area contributed by atoms with Gasteiger partial charge in [0.1, 0.15) is 23.3 Å². The highest BCUT2D eigenvalue weighted by Crippen LogP contribution is 2.42. The molecule has 4 aromatic rings. The number of fused-ring (bicyclic) bond motifs is 2. The zero-order chi connectivity index (χ0) is 23.1. The van der Waals surface area contributed by atoms with Gasteiger partial charge in [-0.05, 0) is 23.8 Å². The number of anilines is 1. The van der Waals surface area contributed by atoms with Gasteiger partial charge in [-0.1, -0.05) is 36.4 Å². The van der Waals surface area contributed by atoms with Gasteiger partial charge in [-0.15, -0.1) is 0 Å². The molecule has 1 atom stereocenters. The van der Waals surface area contributed by atoms with E-state index in [1.807, 2.05) is 42.3 Å². The Balaban J connectivity index is 1.57. The SMILES string of the molecule is CN1C[C@H](c2coc3ccc(-c4cccc(CN)c4F)cc23)Oc2c(CC(=O)O)cccc21. The Morgan fingerprint density at radius 1 is 1.18 bits per heavy atom. The molecule has 0 bridgehead atoms. The van der Waals surface area contributed by atoms with Crippen LogP contribution in [0.25, 0.3) is 22.1 Å². The lowest BCUT2D eigenvalue weighted by Crippen LogP contribution is -2.32. The number of rotatable bonds is 5. The van der Waals surface area contributed by atoms with Gasteiger partial charge in [-0.3, -0.25) is 4.79 Å². The molecule has 1 aliphatic heterocycles. The average molecular weight is 446 g/mol. The molecule has 0 aliphatic carbocycles. The number of carbonyl (C=O) groups is 1. The van der Waals surface area contributed by atoms with Crippen LogP contribution in [-0.2, 0) is 17.8 Å². The first-order valence-corrected chi connectivity index (χ1v) is 10.7. The second-order valence-corrected chi connectivity index (χ2v) is 8.21. The van der Waals surface area contributed by atoms with Crippen molar-refractivity contribution >= 4 is 22.6 Å². The summed E-state index contributed by atoms with van der Waals surface area (Å²) < 4.78 is 27.0. The highest BCUT2D eigenvalue weighted by atomic mass is 19.1. The Morgan fingerprint density at radius 2 is 1.97 bits per heavy atom. The molecular weight excluding hydrogens is 423 g/mol. The number of nitrogens with zero attached hydrogens (tertiary/aromatic N) is 1. The number of nitrogens with two attached hydrogens (primary N) is 1. The summed E-state index contributed by atoms with van der Waals surface area (Å²) >= 11 is 0. The summed E-state index contributed by atoms with van der Waals surface area (Å²) in [5, 5.41) is 10.1. The summed E-state index contributed by atoms with van der Waals surface area (Å²) in [5.41, 5.74) is 10.3. The Hall–Kier alpha value is -3.84. The minimum absolute atomic E-state index is 0.124. The first-order valence-electron chi connectivity index (χ1n) is 10.7. The van der Waals surface area contributed by atoms with Gasteiger partial charge >= 0.3 is 5.97 Å².